The van der Waals surface area contributed by atoms with E-state index in [9.17, 15) is 34.2 Å². The molecule has 1 aliphatic rings. The van der Waals surface area contributed by atoms with E-state index < -0.39 is 54.0 Å². The summed E-state index contributed by atoms with van der Waals surface area (Å²) >= 11 is 0. The van der Waals surface area contributed by atoms with E-state index >= 15 is 0 Å². The predicted molar refractivity (Wildman–Crippen MR) is 162 cm³/mol. The Morgan fingerprint density at radius 2 is 1.51 bits per heavy atom. The van der Waals surface area contributed by atoms with Gasteiger partial charge in [-0.15, -0.1) is 0 Å². The van der Waals surface area contributed by atoms with Gasteiger partial charge in [-0.25, -0.2) is 10.2 Å². The summed E-state index contributed by atoms with van der Waals surface area (Å²) in [6, 6.07) is 17.6. The molecule has 0 unspecified atom stereocenters. The Bertz CT molecular complexity index is 1460. The number of hydrogen-bond donors (Lipinski definition) is 6. The molecule has 0 aliphatic carbocycles. The second-order valence-electron chi connectivity index (χ2n) is 10.8. The van der Waals surface area contributed by atoms with Crippen molar-refractivity contribution >= 4 is 29.7 Å². The van der Waals surface area contributed by atoms with E-state index in [1.165, 1.54) is 0 Å². The van der Waals surface area contributed by atoms with Gasteiger partial charge in [-0.05, 0) is 29.2 Å². The number of β-amino-alcohol motifs (C(OH)–C–C–N with tert-alkyl or cyclic N) is 1. The van der Waals surface area contributed by atoms with Crippen LogP contribution in [0.25, 0.3) is 0 Å². The maximum absolute atomic E-state index is 13.6. The summed E-state index contributed by atoms with van der Waals surface area (Å²) in [4.78, 5) is 69.1. The van der Waals surface area contributed by atoms with Crippen molar-refractivity contribution in [2.24, 2.45) is 0 Å². The molecular formula is C32H36N6O7. The van der Waals surface area contributed by atoms with Gasteiger partial charge in [0, 0.05) is 37.8 Å². The number of hydrogen-bond acceptors (Lipinski definition) is 7. The number of amides is 5. The topological polar surface area (TPSA) is 190 Å². The van der Waals surface area contributed by atoms with E-state index in [2.05, 4.69) is 26.5 Å². The van der Waals surface area contributed by atoms with Gasteiger partial charge in [0.2, 0.25) is 17.7 Å². The largest absolute Gasteiger partial charge is 0.481 e. The Morgan fingerprint density at radius 1 is 0.844 bits per heavy atom. The van der Waals surface area contributed by atoms with Crippen LogP contribution in [0.2, 0.25) is 0 Å². The van der Waals surface area contributed by atoms with Crippen LogP contribution in [0, 0.1) is 0 Å². The number of carbonyl (C=O) groups excluding carboxylic acids is 4. The summed E-state index contributed by atoms with van der Waals surface area (Å²) in [5.74, 6) is -2.88. The minimum Gasteiger partial charge on any atom is -0.481 e. The standard InChI is InChI=1S/C32H36N6O7/c39-25-18-27(38(20-25)32(45)37-36-28(40)16-22-10-5-2-6-11-22)31(44)35-26(15-23-12-7-13-33-19-23)30(43)34-24(17-29(41)42)14-21-8-3-1-4-9-21/h1-13,19,24-27,39H,14-18,20H2,(H,34,43)(H,35,44)(H,36,40)(H,37,45)(H,41,42)/t24-,25-,26-,27-/m0/s1. The highest BCUT2D eigenvalue weighted by Gasteiger charge is 2.40. The summed E-state index contributed by atoms with van der Waals surface area (Å²) in [6.45, 7) is -0.171. The third-order valence-electron chi connectivity index (χ3n) is 7.25. The lowest BCUT2D eigenvalue weighted by molar-refractivity contribution is -0.138. The Labute approximate surface area is 260 Å². The van der Waals surface area contributed by atoms with Crippen LogP contribution in [0.4, 0.5) is 4.79 Å². The predicted octanol–water partition coefficient (Wildman–Crippen LogP) is 0.730. The maximum atomic E-state index is 13.6. The van der Waals surface area contributed by atoms with Crippen LogP contribution in [0.1, 0.15) is 29.5 Å². The number of nitrogens with one attached hydrogen (secondary N) is 4. The highest BCUT2D eigenvalue weighted by molar-refractivity contribution is 5.93. The molecule has 45 heavy (non-hydrogen) atoms. The quantitative estimate of drug-likeness (QED) is 0.161. The molecule has 13 nitrogen and oxygen atoms in total. The molecule has 2 heterocycles. The zero-order chi connectivity index (χ0) is 32.2. The number of carboxylic acid groups (broad SMARTS) is 1. The third kappa shape index (κ3) is 10.1. The Morgan fingerprint density at radius 3 is 2.16 bits per heavy atom. The molecule has 0 saturated carbocycles. The molecule has 0 radical (unpaired) electrons. The van der Waals surface area contributed by atoms with Crippen molar-refractivity contribution in [2.75, 3.05) is 6.54 Å². The van der Waals surface area contributed by atoms with E-state index in [1.54, 1.807) is 48.8 Å². The summed E-state index contributed by atoms with van der Waals surface area (Å²) in [6.07, 6.45) is 1.98. The summed E-state index contributed by atoms with van der Waals surface area (Å²) in [5.41, 5.74) is 6.81. The Kier molecular flexibility index (Phi) is 11.6. The molecule has 5 amide bonds. The van der Waals surface area contributed by atoms with Crippen LogP contribution in [-0.4, -0.2) is 80.6 Å². The lowest BCUT2D eigenvalue weighted by Crippen LogP contribution is -2.57. The highest BCUT2D eigenvalue weighted by atomic mass is 16.4. The SMILES string of the molecule is O=C(O)C[C@H](Cc1ccccc1)NC(=O)[C@H](Cc1cccnc1)NC(=O)[C@@H]1C[C@H](O)CN1C(=O)NNC(=O)Cc1ccccc1. The molecule has 236 valence electrons. The minimum atomic E-state index is -1.15. The number of urea groups is 1. The number of aliphatic hydroxyl groups is 1. The number of nitrogens with zero attached hydrogens (tertiary/aromatic N) is 2. The van der Waals surface area contributed by atoms with Crippen molar-refractivity contribution in [2.45, 2.75) is 56.3 Å². The van der Waals surface area contributed by atoms with Crippen molar-refractivity contribution in [3.05, 3.63) is 102 Å². The fourth-order valence-electron chi connectivity index (χ4n) is 5.12. The van der Waals surface area contributed by atoms with Crippen molar-refractivity contribution in [1.82, 2.24) is 31.4 Å². The first-order chi connectivity index (χ1) is 21.7. The first-order valence-corrected chi connectivity index (χ1v) is 14.5. The molecule has 1 aliphatic heterocycles. The van der Waals surface area contributed by atoms with Gasteiger partial charge in [0.15, 0.2) is 0 Å². The van der Waals surface area contributed by atoms with E-state index in [4.69, 9.17) is 0 Å². The van der Waals surface area contributed by atoms with E-state index in [-0.39, 0.29) is 38.6 Å². The average Bonchev–Trinajstić information content (AvgIpc) is 3.42. The van der Waals surface area contributed by atoms with Crippen LogP contribution < -0.4 is 21.5 Å². The number of aliphatic hydroxyl groups excluding tert-OH is 1. The second kappa shape index (κ2) is 16.0. The molecule has 2 aromatic carbocycles. The molecule has 4 atom stereocenters. The number of benzene rings is 2. The van der Waals surface area contributed by atoms with Crippen molar-refractivity contribution < 1.29 is 34.2 Å². The molecule has 3 aromatic rings. The zero-order valence-electron chi connectivity index (χ0n) is 24.5. The number of likely N-dealkylation sites (tertiary alicyclic amines) is 1. The molecule has 13 heteroatoms. The monoisotopic (exact) mass is 616 g/mol. The minimum absolute atomic E-state index is 0.0198. The van der Waals surface area contributed by atoms with Crippen molar-refractivity contribution in [3.8, 4) is 0 Å². The van der Waals surface area contributed by atoms with Crippen molar-refractivity contribution in [1.29, 1.82) is 0 Å². The summed E-state index contributed by atoms with van der Waals surface area (Å²) in [7, 11) is 0. The molecule has 4 rings (SSSR count). The molecule has 1 fully saturated rings. The molecule has 1 aromatic heterocycles. The van der Waals surface area contributed by atoms with Gasteiger partial charge in [-0.3, -0.25) is 29.6 Å². The second-order valence-corrected chi connectivity index (χ2v) is 10.8. The van der Waals surface area contributed by atoms with Crippen LogP contribution in [0.15, 0.2) is 85.2 Å². The fraction of sp³-hybridized carbons (Fsp3) is 0.312. The number of carbonyl (C=O) groups is 5. The average molecular weight is 617 g/mol. The number of hydrazine groups is 1. The van der Waals surface area contributed by atoms with Crippen LogP contribution in [0.3, 0.4) is 0 Å². The van der Waals surface area contributed by atoms with E-state index in [0.717, 1.165) is 16.0 Å². The first-order valence-electron chi connectivity index (χ1n) is 14.5. The number of aliphatic carboxylic acids is 1. The molecule has 1 saturated heterocycles. The zero-order valence-corrected chi connectivity index (χ0v) is 24.5. The van der Waals surface area contributed by atoms with Gasteiger partial charge in [0.1, 0.15) is 12.1 Å². The van der Waals surface area contributed by atoms with Crippen molar-refractivity contribution in [3.63, 3.8) is 0 Å². The molecule has 0 spiro atoms. The van der Waals surface area contributed by atoms with Gasteiger partial charge < -0.3 is 25.7 Å². The number of carboxylic acids is 1. The van der Waals surface area contributed by atoms with E-state index in [0.29, 0.717) is 5.56 Å². The number of aromatic nitrogens is 1. The van der Waals surface area contributed by atoms with Crippen LogP contribution in [-0.2, 0) is 38.4 Å². The summed E-state index contributed by atoms with van der Waals surface area (Å²) in [5, 5.41) is 25.3. The Hall–Kier alpha value is -5.30. The first kappa shape index (κ1) is 32.6. The van der Waals surface area contributed by atoms with Gasteiger partial charge in [0.25, 0.3) is 0 Å². The normalized spacial score (nSPS) is 17.0. The lowest BCUT2D eigenvalue weighted by atomic mass is 10.0. The Balaban J connectivity index is 1.44. The fourth-order valence-corrected chi connectivity index (χ4v) is 5.12. The smallest absolute Gasteiger partial charge is 0.336 e. The van der Waals surface area contributed by atoms with Gasteiger partial charge in [-0.1, -0.05) is 66.7 Å². The molecule has 6 N–H and O–H groups in total. The van der Waals surface area contributed by atoms with Crippen LogP contribution in [0.5, 0.6) is 0 Å². The lowest BCUT2D eigenvalue weighted by Gasteiger charge is -2.27. The number of rotatable bonds is 12. The summed E-state index contributed by atoms with van der Waals surface area (Å²) < 4.78 is 0. The maximum Gasteiger partial charge on any atom is 0.336 e. The highest BCUT2D eigenvalue weighted by Crippen LogP contribution is 2.19. The number of pyridine rings is 1. The molecule has 0 bridgehead atoms. The van der Waals surface area contributed by atoms with Gasteiger partial charge >= 0.3 is 12.0 Å². The van der Waals surface area contributed by atoms with Crippen LogP contribution >= 0.6 is 0 Å². The van der Waals surface area contributed by atoms with Gasteiger partial charge in [0.05, 0.1) is 18.9 Å². The third-order valence-corrected chi connectivity index (χ3v) is 7.25. The van der Waals surface area contributed by atoms with E-state index in [1.807, 2.05) is 36.4 Å². The van der Waals surface area contributed by atoms with Gasteiger partial charge in [-0.2, -0.15) is 0 Å². The molecular weight excluding hydrogens is 580 g/mol.